The maximum Gasteiger partial charge on any atom is 0.234 e. The number of nitrogens with two attached hydrogens (primary N) is 1. The van der Waals surface area contributed by atoms with Gasteiger partial charge in [0.2, 0.25) is 5.91 Å². The van der Waals surface area contributed by atoms with Gasteiger partial charge < -0.3 is 11.1 Å². The van der Waals surface area contributed by atoms with Crippen molar-refractivity contribution in [2.75, 3.05) is 16.8 Å². The zero-order valence-electron chi connectivity index (χ0n) is 13.1. The van der Waals surface area contributed by atoms with Crippen LogP contribution in [0.4, 0.5) is 11.4 Å². The maximum absolute atomic E-state index is 12.3. The van der Waals surface area contributed by atoms with Gasteiger partial charge in [0.25, 0.3) is 0 Å². The Kier molecular flexibility index (Phi) is 5.90. The first kappa shape index (κ1) is 16.4. The smallest absolute Gasteiger partial charge is 0.234 e. The summed E-state index contributed by atoms with van der Waals surface area (Å²) in [6.45, 7) is 4.20. The molecule has 0 atom stereocenters. The van der Waals surface area contributed by atoms with Gasteiger partial charge in [0.05, 0.1) is 5.75 Å². The van der Waals surface area contributed by atoms with Crippen molar-refractivity contribution >= 4 is 29.0 Å². The maximum atomic E-state index is 12.3. The van der Waals surface area contributed by atoms with E-state index in [0.29, 0.717) is 11.4 Å². The lowest BCUT2D eigenvalue weighted by molar-refractivity contribution is -0.113. The Labute approximate surface area is 136 Å². The minimum Gasteiger partial charge on any atom is -0.398 e. The van der Waals surface area contributed by atoms with Gasteiger partial charge in [0, 0.05) is 16.3 Å². The first-order valence-electron chi connectivity index (χ1n) is 7.53. The van der Waals surface area contributed by atoms with E-state index >= 15 is 0 Å². The normalized spacial score (nSPS) is 10.5. The molecule has 0 spiro atoms. The lowest BCUT2D eigenvalue weighted by atomic mass is 10.0. The van der Waals surface area contributed by atoms with Gasteiger partial charge in [-0.05, 0) is 36.1 Å². The summed E-state index contributed by atoms with van der Waals surface area (Å²) in [6, 6.07) is 13.8. The van der Waals surface area contributed by atoms with Crippen molar-refractivity contribution in [3.63, 3.8) is 0 Å². The van der Waals surface area contributed by atoms with Gasteiger partial charge in [0.1, 0.15) is 0 Å². The summed E-state index contributed by atoms with van der Waals surface area (Å²) >= 11 is 1.46. The van der Waals surface area contributed by atoms with E-state index in [1.165, 1.54) is 22.9 Å². The number of anilines is 2. The van der Waals surface area contributed by atoms with Gasteiger partial charge in [-0.25, -0.2) is 0 Å². The van der Waals surface area contributed by atoms with Crippen LogP contribution in [0.3, 0.4) is 0 Å². The van der Waals surface area contributed by atoms with E-state index in [4.69, 9.17) is 5.73 Å². The van der Waals surface area contributed by atoms with Gasteiger partial charge in [-0.15, -0.1) is 11.8 Å². The molecule has 0 saturated carbocycles. The fourth-order valence-electron chi connectivity index (χ4n) is 2.33. The van der Waals surface area contributed by atoms with Crippen molar-refractivity contribution < 1.29 is 4.79 Å². The van der Waals surface area contributed by atoms with Gasteiger partial charge in [-0.3, -0.25) is 4.79 Å². The third-order valence-corrected chi connectivity index (χ3v) is 4.63. The standard InChI is InChI=1S/C18H22N2OS/c1-3-13-8-7-9-14(4-2)18(13)20-17(21)12-22-16-11-6-5-10-15(16)19/h5-11H,3-4,12,19H2,1-2H3,(H,20,21). The number of carbonyl (C=O) groups is 1. The van der Waals surface area contributed by atoms with E-state index in [9.17, 15) is 4.79 Å². The second kappa shape index (κ2) is 7.90. The minimum absolute atomic E-state index is 0.00357. The lowest BCUT2D eigenvalue weighted by Gasteiger charge is -2.14. The Morgan fingerprint density at radius 3 is 2.27 bits per heavy atom. The Morgan fingerprint density at radius 2 is 1.68 bits per heavy atom. The van der Waals surface area contributed by atoms with E-state index in [-0.39, 0.29) is 5.91 Å². The van der Waals surface area contributed by atoms with Crippen LogP contribution in [0.5, 0.6) is 0 Å². The summed E-state index contributed by atoms with van der Waals surface area (Å²) in [6.07, 6.45) is 1.81. The molecule has 0 fully saturated rings. The quantitative estimate of drug-likeness (QED) is 0.623. The molecular formula is C18H22N2OS. The van der Waals surface area contributed by atoms with E-state index in [1.807, 2.05) is 30.3 Å². The number of hydrogen-bond donors (Lipinski definition) is 2. The minimum atomic E-state index is 0.00357. The molecule has 2 rings (SSSR count). The first-order valence-corrected chi connectivity index (χ1v) is 8.52. The molecule has 3 nitrogen and oxygen atoms in total. The number of carbonyl (C=O) groups excluding carboxylic acids is 1. The van der Waals surface area contributed by atoms with Crippen molar-refractivity contribution in [2.24, 2.45) is 0 Å². The number of benzene rings is 2. The summed E-state index contributed by atoms with van der Waals surface area (Å²) in [4.78, 5) is 13.2. The Bertz CT molecular complexity index is 633. The van der Waals surface area contributed by atoms with Crippen molar-refractivity contribution in [1.82, 2.24) is 0 Å². The number of para-hydroxylation sites is 2. The van der Waals surface area contributed by atoms with E-state index < -0.39 is 0 Å². The van der Waals surface area contributed by atoms with Crippen LogP contribution in [0.25, 0.3) is 0 Å². The van der Waals surface area contributed by atoms with Gasteiger partial charge in [-0.1, -0.05) is 44.2 Å². The van der Waals surface area contributed by atoms with Crippen molar-refractivity contribution in [2.45, 2.75) is 31.6 Å². The highest BCUT2D eigenvalue weighted by Crippen LogP contribution is 2.26. The van der Waals surface area contributed by atoms with Gasteiger partial charge >= 0.3 is 0 Å². The molecule has 0 heterocycles. The van der Waals surface area contributed by atoms with E-state index in [2.05, 4.69) is 31.3 Å². The Hall–Kier alpha value is -1.94. The largest absolute Gasteiger partial charge is 0.398 e. The molecule has 116 valence electrons. The number of hydrogen-bond acceptors (Lipinski definition) is 3. The highest BCUT2D eigenvalue weighted by molar-refractivity contribution is 8.00. The Balaban J connectivity index is 2.05. The molecule has 2 aromatic carbocycles. The summed E-state index contributed by atoms with van der Waals surface area (Å²) in [5.74, 6) is 0.360. The highest BCUT2D eigenvalue weighted by Gasteiger charge is 2.11. The molecule has 0 bridgehead atoms. The highest BCUT2D eigenvalue weighted by atomic mass is 32.2. The number of nitrogen functional groups attached to an aromatic ring is 1. The van der Waals surface area contributed by atoms with Crippen LogP contribution in [-0.4, -0.2) is 11.7 Å². The molecule has 0 aromatic heterocycles. The first-order chi connectivity index (χ1) is 10.7. The number of rotatable bonds is 6. The second-order valence-corrected chi connectivity index (χ2v) is 6.05. The zero-order valence-corrected chi connectivity index (χ0v) is 13.9. The third kappa shape index (κ3) is 4.04. The van der Waals surface area contributed by atoms with E-state index in [1.54, 1.807) is 0 Å². The monoisotopic (exact) mass is 314 g/mol. The topological polar surface area (TPSA) is 55.1 Å². The van der Waals surface area contributed by atoms with Crippen LogP contribution in [0.15, 0.2) is 47.4 Å². The average molecular weight is 314 g/mol. The second-order valence-electron chi connectivity index (χ2n) is 5.03. The summed E-state index contributed by atoms with van der Waals surface area (Å²) in [5.41, 5.74) is 9.94. The summed E-state index contributed by atoms with van der Waals surface area (Å²) in [5, 5.41) is 3.07. The molecule has 0 unspecified atom stereocenters. The van der Waals surface area contributed by atoms with Crippen LogP contribution in [-0.2, 0) is 17.6 Å². The number of amides is 1. The lowest BCUT2D eigenvalue weighted by Crippen LogP contribution is -2.16. The SMILES string of the molecule is CCc1cccc(CC)c1NC(=O)CSc1ccccc1N. The molecule has 0 aliphatic heterocycles. The van der Waals surface area contributed by atoms with Crippen LogP contribution >= 0.6 is 11.8 Å². The molecule has 4 heteroatoms. The Morgan fingerprint density at radius 1 is 1.05 bits per heavy atom. The summed E-state index contributed by atoms with van der Waals surface area (Å²) in [7, 11) is 0. The van der Waals surface area contributed by atoms with Crippen LogP contribution in [0.1, 0.15) is 25.0 Å². The molecule has 0 aliphatic carbocycles. The van der Waals surface area contributed by atoms with Crippen LogP contribution < -0.4 is 11.1 Å². The van der Waals surface area contributed by atoms with Crippen molar-refractivity contribution in [3.8, 4) is 0 Å². The van der Waals surface area contributed by atoms with Gasteiger partial charge in [-0.2, -0.15) is 0 Å². The third-order valence-electron chi connectivity index (χ3n) is 3.54. The zero-order chi connectivity index (χ0) is 15.9. The molecule has 22 heavy (non-hydrogen) atoms. The number of nitrogens with one attached hydrogen (secondary N) is 1. The predicted octanol–water partition coefficient (Wildman–Crippen LogP) is 4.12. The summed E-state index contributed by atoms with van der Waals surface area (Å²) < 4.78 is 0. The molecule has 0 aliphatic rings. The fourth-order valence-corrected chi connectivity index (χ4v) is 3.10. The van der Waals surface area contributed by atoms with Gasteiger partial charge in [0.15, 0.2) is 0 Å². The number of thioether (sulfide) groups is 1. The molecule has 1 amide bonds. The molecule has 3 N–H and O–H groups in total. The van der Waals surface area contributed by atoms with Crippen LogP contribution in [0, 0.1) is 0 Å². The average Bonchev–Trinajstić information content (AvgIpc) is 2.54. The van der Waals surface area contributed by atoms with E-state index in [0.717, 1.165) is 23.4 Å². The fraction of sp³-hybridized carbons (Fsp3) is 0.278. The van der Waals surface area contributed by atoms with Crippen molar-refractivity contribution in [1.29, 1.82) is 0 Å². The van der Waals surface area contributed by atoms with Crippen LogP contribution in [0.2, 0.25) is 0 Å². The molecule has 0 saturated heterocycles. The molecular weight excluding hydrogens is 292 g/mol. The number of aryl methyl sites for hydroxylation is 2. The molecule has 0 radical (unpaired) electrons. The van der Waals surface area contributed by atoms with Crippen molar-refractivity contribution in [3.05, 3.63) is 53.6 Å². The molecule has 2 aromatic rings. The predicted molar refractivity (Wildman–Crippen MR) is 95.4 cm³/mol.